The predicted molar refractivity (Wildman–Crippen MR) is 85.8 cm³/mol. The smallest absolute Gasteiger partial charge is 0.309 e. The largest absolute Gasteiger partial charge is 0.493 e. The van der Waals surface area contributed by atoms with E-state index in [1.54, 1.807) is 12.5 Å². The molecule has 1 aromatic carbocycles. The molecule has 1 heterocycles. The fraction of sp³-hybridized carbons (Fsp3) is 0.375. The van der Waals surface area contributed by atoms with Crippen LogP contribution in [0.25, 0.3) is 10.6 Å². The van der Waals surface area contributed by atoms with Gasteiger partial charge in [-0.2, -0.15) is 0 Å². The van der Waals surface area contributed by atoms with Gasteiger partial charge in [0.25, 0.3) is 0 Å². The number of ether oxygens (including phenoxy) is 2. The molecule has 0 aliphatic carbocycles. The van der Waals surface area contributed by atoms with Gasteiger partial charge < -0.3 is 14.6 Å². The van der Waals surface area contributed by atoms with Crippen LogP contribution in [0, 0.1) is 0 Å². The first-order valence-corrected chi connectivity index (χ1v) is 7.99. The Labute approximate surface area is 133 Å². The standard InChI is InChI=1S/C16H19NO4S/c1-3-4-7-21-13-6-5-11(8-14(13)20-2)16-17-12(10-22-16)9-15(18)19/h5-6,8,10H,3-4,7,9H2,1-2H3,(H,18,19). The molecule has 0 aliphatic rings. The number of nitrogens with zero attached hydrogens (tertiary/aromatic N) is 1. The number of aromatic nitrogens is 1. The van der Waals surface area contributed by atoms with Gasteiger partial charge in [0.05, 0.1) is 25.8 Å². The number of aliphatic carboxylic acids is 1. The number of hydrogen-bond donors (Lipinski definition) is 1. The molecule has 0 saturated carbocycles. The van der Waals surface area contributed by atoms with E-state index in [0.717, 1.165) is 23.4 Å². The van der Waals surface area contributed by atoms with Crippen molar-refractivity contribution in [2.45, 2.75) is 26.2 Å². The van der Waals surface area contributed by atoms with Crippen LogP contribution in [0.5, 0.6) is 11.5 Å². The van der Waals surface area contributed by atoms with E-state index in [1.807, 2.05) is 18.2 Å². The molecule has 0 fully saturated rings. The summed E-state index contributed by atoms with van der Waals surface area (Å²) in [5.74, 6) is 0.486. The lowest BCUT2D eigenvalue weighted by molar-refractivity contribution is -0.136. The lowest BCUT2D eigenvalue weighted by Crippen LogP contribution is -2.00. The quantitative estimate of drug-likeness (QED) is 0.752. The number of benzene rings is 1. The van der Waals surface area contributed by atoms with Crippen molar-refractivity contribution in [2.75, 3.05) is 13.7 Å². The van der Waals surface area contributed by atoms with E-state index in [9.17, 15) is 4.79 Å². The van der Waals surface area contributed by atoms with Gasteiger partial charge in [-0.05, 0) is 24.6 Å². The van der Waals surface area contributed by atoms with Crippen molar-refractivity contribution in [3.63, 3.8) is 0 Å². The summed E-state index contributed by atoms with van der Waals surface area (Å²) in [7, 11) is 1.60. The molecule has 0 unspecified atom stereocenters. The van der Waals surface area contributed by atoms with Gasteiger partial charge in [-0.15, -0.1) is 11.3 Å². The van der Waals surface area contributed by atoms with Gasteiger partial charge in [0.15, 0.2) is 11.5 Å². The van der Waals surface area contributed by atoms with Crippen LogP contribution in [0.4, 0.5) is 0 Å². The van der Waals surface area contributed by atoms with Crippen molar-refractivity contribution in [2.24, 2.45) is 0 Å². The molecule has 2 aromatic rings. The topological polar surface area (TPSA) is 68.7 Å². The molecule has 0 amide bonds. The number of carboxylic acids is 1. The van der Waals surface area contributed by atoms with Crippen molar-refractivity contribution >= 4 is 17.3 Å². The Morgan fingerprint density at radius 1 is 1.36 bits per heavy atom. The minimum atomic E-state index is -0.880. The first kappa shape index (κ1) is 16.3. The molecular weight excluding hydrogens is 302 g/mol. The molecule has 6 heteroatoms. The molecule has 0 radical (unpaired) electrons. The Bertz CT molecular complexity index is 639. The van der Waals surface area contributed by atoms with E-state index >= 15 is 0 Å². The zero-order chi connectivity index (χ0) is 15.9. The minimum Gasteiger partial charge on any atom is -0.493 e. The highest BCUT2D eigenvalue weighted by Crippen LogP contribution is 2.34. The van der Waals surface area contributed by atoms with Gasteiger partial charge in [0.1, 0.15) is 5.01 Å². The maximum atomic E-state index is 10.7. The lowest BCUT2D eigenvalue weighted by Gasteiger charge is -2.11. The Hall–Kier alpha value is -2.08. The van der Waals surface area contributed by atoms with Gasteiger partial charge in [-0.3, -0.25) is 4.79 Å². The number of carbonyl (C=O) groups is 1. The van der Waals surface area contributed by atoms with Crippen molar-refractivity contribution < 1.29 is 19.4 Å². The predicted octanol–water partition coefficient (Wildman–Crippen LogP) is 3.62. The summed E-state index contributed by atoms with van der Waals surface area (Å²) in [5.41, 5.74) is 1.45. The van der Waals surface area contributed by atoms with Gasteiger partial charge in [-0.1, -0.05) is 13.3 Å². The highest BCUT2D eigenvalue weighted by Gasteiger charge is 2.11. The van der Waals surface area contributed by atoms with Crippen LogP contribution < -0.4 is 9.47 Å². The van der Waals surface area contributed by atoms with Crippen LogP contribution in [0.2, 0.25) is 0 Å². The summed E-state index contributed by atoms with van der Waals surface area (Å²) >= 11 is 1.42. The summed E-state index contributed by atoms with van der Waals surface area (Å²) in [4.78, 5) is 15.1. The Kier molecular flexibility index (Phi) is 5.77. The van der Waals surface area contributed by atoms with E-state index < -0.39 is 5.97 Å². The van der Waals surface area contributed by atoms with E-state index in [1.165, 1.54) is 11.3 Å². The monoisotopic (exact) mass is 321 g/mol. The normalized spacial score (nSPS) is 10.5. The first-order valence-electron chi connectivity index (χ1n) is 7.11. The van der Waals surface area contributed by atoms with E-state index in [4.69, 9.17) is 14.6 Å². The molecule has 0 bridgehead atoms. The summed E-state index contributed by atoms with van der Waals surface area (Å²) < 4.78 is 11.1. The van der Waals surface area contributed by atoms with Crippen molar-refractivity contribution in [3.8, 4) is 22.1 Å². The highest BCUT2D eigenvalue weighted by atomic mass is 32.1. The Morgan fingerprint density at radius 3 is 2.86 bits per heavy atom. The van der Waals surface area contributed by atoms with Crippen LogP contribution in [0.15, 0.2) is 23.6 Å². The van der Waals surface area contributed by atoms with Gasteiger partial charge in [0.2, 0.25) is 0 Å². The van der Waals surface area contributed by atoms with Crippen LogP contribution in [-0.4, -0.2) is 29.8 Å². The van der Waals surface area contributed by atoms with Gasteiger partial charge in [-0.25, -0.2) is 4.98 Å². The average Bonchev–Trinajstić information content (AvgIpc) is 2.95. The zero-order valence-corrected chi connectivity index (χ0v) is 13.5. The second-order valence-corrected chi connectivity index (χ2v) is 5.64. The third-order valence-corrected chi connectivity index (χ3v) is 3.99. The number of rotatable bonds is 8. The number of unbranched alkanes of at least 4 members (excludes halogenated alkanes) is 1. The first-order chi connectivity index (χ1) is 10.6. The number of methoxy groups -OCH3 is 1. The summed E-state index contributed by atoms with van der Waals surface area (Å²) in [5, 5.41) is 11.3. The SMILES string of the molecule is CCCCOc1ccc(-c2nc(CC(=O)O)cs2)cc1OC. The second-order valence-electron chi connectivity index (χ2n) is 4.78. The van der Waals surface area contributed by atoms with Gasteiger partial charge in [0, 0.05) is 10.9 Å². The zero-order valence-electron chi connectivity index (χ0n) is 12.7. The molecule has 0 saturated heterocycles. The Balaban J connectivity index is 2.17. The highest BCUT2D eigenvalue weighted by molar-refractivity contribution is 7.13. The molecule has 118 valence electrons. The molecule has 5 nitrogen and oxygen atoms in total. The van der Waals surface area contributed by atoms with E-state index in [-0.39, 0.29) is 6.42 Å². The van der Waals surface area contributed by atoms with Crippen molar-refractivity contribution in [1.29, 1.82) is 0 Å². The number of carboxylic acid groups (broad SMARTS) is 1. The van der Waals surface area contributed by atoms with Crippen molar-refractivity contribution in [1.82, 2.24) is 4.98 Å². The number of hydrogen-bond acceptors (Lipinski definition) is 5. The average molecular weight is 321 g/mol. The van der Waals surface area contributed by atoms with Crippen LogP contribution in [0.1, 0.15) is 25.5 Å². The van der Waals surface area contributed by atoms with E-state index in [2.05, 4.69) is 11.9 Å². The molecular formula is C16H19NO4S. The fourth-order valence-electron chi connectivity index (χ4n) is 1.92. The molecule has 0 atom stereocenters. The fourth-order valence-corrected chi connectivity index (χ4v) is 2.74. The molecule has 0 spiro atoms. The maximum Gasteiger partial charge on any atom is 0.309 e. The van der Waals surface area contributed by atoms with Crippen LogP contribution in [-0.2, 0) is 11.2 Å². The summed E-state index contributed by atoms with van der Waals surface area (Å²) in [6.45, 7) is 2.77. The second kappa shape index (κ2) is 7.79. The third kappa shape index (κ3) is 4.21. The summed E-state index contributed by atoms with van der Waals surface area (Å²) in [6, 6.07) is 5.64. The Morgan fingerprint density at radius 2 is 2.18 bits per heavy atom. The third-order valence-electron chi connectivity index (χ3n) is 3.05. The molecule has 1 N–H and O–H groups in total. The van der Waals surface area contributed by atoms with Crippen LogP contribution in [0.3, 0.4) is 0 Å². The minimum absolute atomic E-state index is 0.0636. The molecule has 0 aliphatic heterocycles. The van der Waals surface area contributed by atoms with Crippen molar-refractivity contribution in [3.05, 3.63) is 29.3 Å². The lowest BCUT2D eigenvalue weighted by atomic mass is 10.2. The van der Waals surface area contributed by atoms with Gasteiger partial charge >= 0.3 is 5.97 Å². The maximum absolute atomic E-state index is 10.7. The molecule has 2 rings (SSSR count). The van der Waals surface area contributed by atoms with Crippen LogP contribution >= 0.6 is 11.3 Å². The molecule has 1 aromatic heterocycles. The van der Waals surface area contributed by atoms with E-state index in [0.29, 0.717) is 23.8 Å². The molecule has 22 heavy (non-hydrogen) atoms. The summed E-state index contributed by atoms with van der Waals surface area (Å²) in [6.07, 6.45) is 2.01. The number of thiazole rings is 1.